The Morgan fingerprint density at radius 1 is 1.21 bits per heavy atom. The summed E-state index contributed by atoms with van der Waals surface area (Å²) in [5, 5.41) is 7.24. The molecule has 2 aromatic carbocycles. The molecule has 0 aliphatic heterocycles. The lowest BCUT2D eigenvalue weighted by atomic mass is 10.1. The van der Waals surface area contributed by atoms with Crippen molar-refractivity contribution in [1.82, 2.24) is 15.5 Å². The number of ether oxygens (including phenoxy) is 1. The van der Waals surface area contributed by atoms with Gasteiger partial charge in [0.1, 0.15) is 5.75 Å². The average Bonchev–Trinajstić information content (AvgIpc) is 3.12. The molecule has 1 aromatic heterocycles. The minimum absolute atomic E-state index is 0.114. The Labute approximate surface area is 168 Å². The van der Waals surface area contributed by atoms with Crippen LogP contribution < -0.4 is 10.1 Å². The van der Waals surface area contributed by atoms with E-state index in [0.29, 0.717) is 34.5 Å². The van der Waals surface area contributed by atoms with E-state index in [9.17, 15) is 4.79 Å². The van der Waals surface area contributed by atoms with Gasteiger partial charge in [-0.2, -0.15) is 4.98 Å². The third-order valence-corrected chi connectivity index (χ3v) is 4.46. The number of nitrogens with zero attached hydrogens (tertiary/aromatic N) is 2. The highest BCUT2D eigenvalue weighted by Gasteiger charge is 2.20. The lowest BCUT2D eigenvalue weighted by Gasteiger charge is -2.17. The van der Waals surface area contributed by atoms with Crippen molar-refractivity contribution >= 4 is 17.5 Å². The van der Waals surface area contributed by atoms with Crippen LogP contribution in [-0.2, 0) is 11.3 Å². The molecule has 28 heavy (non-hydrogen) atoms. The van der Waals surface area contributed by atoms with Crippen LogP contribution in [0, 0.1) is 13.8 Å². The average molecular weight is 400 g/mol. The zero-order valence-electron chi connectivity index (χ0n) is 16.0. The Morgan fingerprint density at radius 2 is 1.93 bits per heavy atom. The van der Waals surface area contributed by atoms with Crippen molar-refractivity contribution in [3.8, 4) is 17.1 Å². The highest BCUT2D eigenvalue weighted by atomic mass is 35.5. The zero-order chi connectivity index (χ0) is 20.1. The summed E-state index contributed by atoms with van der Waals surface area (Å²) < 4.78 is 11.1. The number of hydrogen-bond donors (Lipinski definition) is 1. The van der Waals surface area contributed by atoms with E-state index in [1.807, 2.05) is 45.0 Å². The molecule has 0 unspecified atom stereocenters. The number of hydrogen-bond acceptors (Lipinski definition) is 5. The van der Waals surface area contributed by atoms with Gasteiger partial charge in [-0.25, -0.2) is 0 Å². The van der Waals surface area contributed by atoms with E-state index in [-0.39, 0.29) is 12.5 Å². The van der Waals surface area contributed by atoms with Crippen molar-refractivity contribution in [3.05, 3.63) is 64.5 Å². The number of carbonyl (C=O) groups excluding carboxylic acids is 1. The summed E-state index contributed by atoms with van der Waals surface area (Å²) in [5.74, 6) is 1.12. The van der Waals surface area contributed by atoms with Crippen molar-refractivity contribution in [2.45, 2.75) is 39.8 Å². The van der Waals surface area contributed by atoms with Crippen molar-refractivity contribution in [2.24, 2.45) is 0 Å². The van der Waals surface area contributed by atoms with E-state index in [1.54, 1.807) is 12.1 Å². The van der Waals surface area contributed by atoms with Crippen LogP contribution in [0.5, 0.6) is 5.75 Å². The minimum atomic E-state index is -0.604. The Bertz CT molecular complexity index is 951. The largest absolute Gasteiger partial charge is 0.481 e. The summed E-state index contributed by atoms with van der Waals surface area (Å²) in [6.07, 6.45) is -0.0692. The number of rotatable bonds is 7. The summed E-state index contributed by atoms with van der Waals surface area (Å²) in [7, 11) is 0. The number of benzene rings is 2. The first-order chi connectivity index (χ1) is 13.5. The molecular formula is C21H22ClN3O3. The second-order valence-electron chi connectivity index (χ2n) is 6.55. The minimum Gasteiger partial charge on any atom is -0.481 e. The zero-order valence-corrected chi connectivity index (χ0v) is 16.8. The summed E-state index contributed by atoms with van der Waals surface area (Å²) in [5.41, 5.74) is 2.85. The smallest absolute Gasteiger partial charge is 0.261 e. The molecule has 1 heterocycles. The van der Waals surface area contributed by atoms with Crippen LogP contribution in [-0.4, -0.2) is 22.2 Å². The van der Waals surface area contributed by atoms with E-state index in [2.05, 4.69) is 21.5 Å². The van der Waals surface area contributed by atoms with Gasteiger partial charge < -0.3 is 14.6 Å². The normalized spacial score (nSPS) is 11.9. The number of aromatic nitrogens is 2. The monoisotopic (exact) mass is 399 g/mol. The molecule has 6 nitrogen and oxygen atoms in total. The molecule has 0 radical (unpaired) electrons. The van der Waals surface area contributed by atoms with Gasteiger partial charge in [-0.1, -0.05) is 41.9 Å². The fourth-order valence-electron chi connectivity index (χ4n) is 2.84. The first kappa shape index (κ1) is 19.9. The number of carbonyl (C=O) groups is 1. The fraction of sp³-hybridized carbons (Fsp3) is 0.286. The molecule has 7 heteroatoms. The molecule has 1 N–H and O–H groups in total. The SMILES string of the molecule is CC[C@@H](Oc1cc(C)cc(C)c1)C(=O)NCc1nc(-c2ccccc2Cl)no1. The van der Waals surface area contributed by atoms with Crippen LogP contribution in [0.1, 0.15) is 30.4 Å². The summed E-state index contributed by atoms with van der Waals surface area (Å²) in [6.45, 7) is 6.00. The highest BCUT2D eigenvalue weighted by Crippen LogP contribution is 2.24. The Kier molecular flexibility index (Phi) is 6.31. The van der Waals surface area contributed by atoms with E-state index in [1.165, 1.54) is 0 Å². The molecular weight excluding hydrogens is 378 g/mol. The van der Waals surface area contributed by atoms with E-state index < -0.39 is 6.10 Å². The van der Waals surface area contributed by atoms with Crippen molar-refractivity contribution in [2.75, 3.05) is 0 Å². The second-order valence-corrected chi connectivity index (χ2v) is 6.95. The predicted octanol–water partition coefficient (Wildman–Crippen LogP) is 4.48. The maximum atomic E-state index is 12.5. The van der Waals surface area contributed by atoms with Crippen LogP contribution in [0.4, 0.5) is 0 Å². The van der Waals surface area contributed by atoms with E-state index >= 15 is 0 Å². The van der Waals surface area contributed by atoms with Crippen molar-refractivity contribution < 1.29 is 14.1 Å². The highest BCUT2D eigenvalue weighted by molar-refractivity contribution is 6.33. The van der Waals surface area contributed by atoms with Crippen molar-refractivity contribution in [3.63, 3.8) is 0 Å². The Morgan fingerprint density at radius 3 is 2.61 bits per heavy atom. The number of halogens is 1. The lowest BCUT2D eigenvalue weighted by molar-refractivity contribution is -0.128. The molecule has 3 rings (SSSR count). The van der Waals surface area contributed by atoms with Gasteiger partial charge in [0, 0.05) is 5.56 Å². The molecule has 0 spiro atoms. The molecule has 0 bridgehead atoms. The van der Waals surface area contributed by atoms with Gasteiger partial charge in [-0.05, 0) is 55.7 Å². The molecule has 0 fully saturated rings. The quantitative estimate of drug-likeness (QED) is 0.633. The van der Waals surface area contributed by atoms with Gasteiger partial charge in [0.2, 0.25) is 11.7 Å². The van der Waals surface area contributed by atoms with Gasteiger partial charge in [0.25, 0.3) is 5.91 Å². The Hall–Kier alpha value is -2.86. The van der Waals surface area contributed by atoms with Crippen LogP contribution >= 0.6 is 11.6 Å². The first-order valence-electron chi connectivity index (χ1n) is 9.06. The maximum Gasteiger partial charge on any atom is 0.261 e. The van der Waals surface area contributed by atoms with Crippen LogP contribution in [0.25, 0.3) is 11.4 Å². The molecule has 3 aromatic rings. The topological polar surface area (TPSA) is 77.2 Å². The van der Waals surface area contributed by atoms with Crippen LogP contribution in [0.2, 0.25) is 5.02 Å². The van der Waals surface area contributed by atoms with Crippen LogP contribution in [0.15, 0.2) is 47.0 Å². The summed E-state index contributed by atoms with van der Waals surface area (Å²) in [4.78, 5) is 16.8. The number of aryl methyl sites for hydroxylation is 2. The molecule has 146 valence electrons. The molecule has 0 saturated heterocycles. The predicted molar refractivity (Wildman–Crippen MR) is 107 cm³/mol. The number of amides is 1. The van der Waals surface area contributed by atoms with E-state index in [0.717, 1.165) is 11.1 Å². The van der Waals surface area contributed by atoms with Gasteiger partial charge in [-0.3, -0.25) is 4.79 Å². The molecule has 0 aliphatic carbocycles. The fourth-order valence-corrected chi connectivity index (χ4v) is 3.06. The third kappa shape index (κ3) is 4.89. The summed E-state index contributed by atoms with van der Waals surface area (Å²) >= 11 is 6.15. The second kappa shape index (κ2) is 8.89. The molecule has 1 amide bonds. The van der Waals surface area contributed by atoms with Gasteiger partial charge in [0.05, 0.1) is 11.6 Å². The Balaban J connectivity index is 1.62. The van der Waals surface area contributed by atoms with Gasteiger partial charge in [-0.15, -0.1) is 0 Å². The van der Waals surface area contributed by atoms with E-state index in [4.69, 9.17) is 20.9 Å². The van der Waals surface area contributed by atoms with Crippen molar-refractivity contribution in [1.29, 1.82) is 0 Å². The first-order valence-corrected chi connectivity index (χ1v) is 9.44. The third-order valence-electron chi connectivity index (χ3n) is 4.13. The lowest BCUT2D eigenvalue weighted by Crippen LogP contribution is -2.37. The number of nitrogens with one attached hydrogen (secondary N) is 1. The van der Waals surface area contributed by atoms with Gasteiger partial charge >= 0.3 is 0 Å². The van der Waals surface area contributed by atoms with Gasteiger partial charge in [0.15, 0.2) is 6.10 Å². The summed E-state index contributed by atoms with van der Waals surface area (Å²) in [6, 6.07) is 13.1. The van der Waals surface area contributed by atoms with Crippen LogP contribution in [0.3, 0.4) is 0 Å². The standard InChI is InChI=1S/C21H22ClN3O3/c1-4-18(27-15-10-13(2)9-14(3)11-15)21(26)23-12-19-24-20(25-28-19)16-7-5-6-8-17(16)22/h5-11,18H,4,12H2,1-3H3,(H,23,26)/t18-/m1/s1. The molecule has 0 saturated carbocycles. The molecule has 0 aliphatic rings. The maximum absolute atomic E-state index is 12.5. The molecule has 1 atom stereocenters.